The largest absolute Gasteiger partial charge is 0.478 e. The molecule has 1 aromatic carbocycles. The highest BCUT2D eigenvalue weighted by molar-refractivity contribution is 7.98. The van der Waals surface area contributed by atoms with Gasteiger partial charge in [0, 0.05) is 16.0 Å². The van der Waals surface area contributed by atoms with E-state index >= 15 is 0 Å². The maximum Gasteiger partial charge on any atom is 0.336 e. The van der Waals surface area contributed by atoms with Crippen molar-refractivity contribution in [3.8, 4) is 0 Å². The molecule has 0 radical (unpaired) electrons. The number of nitrogens with zero attached hydrogens (tertiary/aromatic N) is 1. The summed E-state index contributed by atoms with van der Waals surface area (Å²) in [5.74, 6) is -0.909. The second-order valence-corrected chi connectivity index (χ2v) is 4.38. The summed E-state index contributed by atoms with van der Waals surface area (Å²) >= 11 is 1.59. The van der Waals surface area contributed by atoms with Crippen LogP contribution in [0.15, 0.2) is 29.2 Å². The zero-order chi connectivity index (χ0) is 11.7. The second kappa shape index (κ2) is 4.14. The van der Waals surface area contributed by atoms with Gasteiger partial charge in [0.05, 0.1) is 11.1 Å². The molecule has 16 heavy (non-hydrogen) atoms. The predicted octanol–water partition coefficient (Wildman–Crippen LogP) is 2.96. The van der Waals surface area contributed by atoms with Crippen molar-refractivity contribution in [2.45, 2.75) is 11.8 Å². The molecular formula is C12H11NO2S. The van der Waals surface area contributed by atoms with Crippen LogP contribution in [-0.4, -0.2) is 22.3 Å². The monoisotopic (exact) mass is 233 g/mol. The SMILES string of the molecule is CSc1ccc2nc(C)cc(C(=O)O)c2c1. The van der Waals surface area contributed by atoms with Crippen molar-refractivity contribution >= 4 is 28.6 Å². The molecule has 0 aliphatic carbocycles. The topological polar surface area (TPSA) is 50.2 Å². The lowest BCUT2D eigenvalue weighted by atomic mass is 10.1. The Bertz CT molecular complexity index is 566. The van der Waals surface area contributed by atoms with Gasteiger partial charge in [-0.1, -0.05) is 0 Å². The van der Waals surface area contributed by atoms with Crippen molar-refractivity contribution in [1.29, 1.82) is 0 Å². The Labute approximate surface area is 97.5 Å². The fourth-order valence-electron chi connectivity index (χ4n) is 1.64. The van der Waals surface area contributed by atoms with Crippen molar-refractivity contribution in [1.82, 2.24) is 4.98 Å². The highest BCUT2D eigenvalue weighted by Gasteiger charge is 2.10. The van der Waals surface area contributed by atoms with Crippen LogP contribution < -0.4 is 0 Å². The van der Waals surface area contributed by atoms with Crippen molar-refractivity contribution in [2.75, 3.05) is 6.26 Å². The van der Waals surface area contributed by atoms with Gasteiger partial charge >= 0.3 is 5.97 Å². The lowest BCUT2D eigenvalue weighted by Gasteiger charge is -2.05. The second-order valence-electron chi connectivity index (χ2n) is 3.50. The van der Waals surface area contributed by atoms with Crippen LogP contribution in [0.3, 0.4) is 0 Å². The highest BCUT2D eigenvalue weighted by Crippen LogP contribution is 2.24. The molecule has 2 rings (SSSR count). The Balaban J connectivity index is 2.80. The molecule has 0 amide bonds. The summed E-state index contributed by atoms with van der Waals surface area (Å²) in [5, 5.41) is 9.84. The van der Waals surface area contributed by atoms with Gasteiger partial charge in [-0.25, -0.2) is 4.79 Å². The summed E-state index contributed by atoms with van der Waals surface area (Å²) in [5.41, 5.74) is 1.77. The van der Waals surface area contributed by atoms with E-state index in [2.05, 4.69) is 4.98 Å². The van der Waals surface area contributed by atoms with E-state index in [-0.39, 0.29) is 0 Å². The van der Waals surface area contributed by atoms with E-state index in [0.717, 1.165) is 16.1 Å². The van der Waals surface area contributed by atoms with Gasteiger partial charge in [-0.3, -0.25) is 4.98 Å². The number of aromatic carboxylic acids is 1. The molecule has 0 saturated heterocycles. The first-order valence-corrected chi connectivity index (χ1v) is 6.03. The zero-order valence-electron chi connectivity index (χ0n) is 9.02. The van der Waals surface area contributed by atoms with Crippen molar-refractivity contribution < 1.29 is 9.90 Å². The van der Waals surface area contributed by atoms with Crippen LogP contribution in [0.5, 0.6) is 0 Å². The molecule has 3 nitrogen and oxygen atoms in total. The number of thioether (sulfide) groups is 1. The van der Waals surface area contributed by atoms with E-state index in [1.807, 2.05) is 24.5 Å². The number of carboxylic acid groups (broad SMARTS) is 1. The molecular weight excluding hydrogens is 222 g/mol. The molecule has 0 saturated carbocycles. The van der Waals surface area contributed by atoms with E-state index in [1.165, 1.54) is 0 Å². The first-order valence-electron chi connectivity index (χ1n) is 4.80. The summed E-state index contributed by atoms with van der Waals surface area (Å²) < 4.78 is 0. The average Bonchev–Trinajstić information content (AvgIpc) is 2.27. The van der Waals surface area contributed by atoms with E-state index < -0.39 is 5.97 Å². The number of hydrogen-bond donors (Lipinski definition) is 1. The van der Waals surface area contributed by atoms with Crippen LogP contribution in [0.25, 0.3) is 10.9 Å². The van der Waals surface area contributed by atoms with Crippen molar-refractivity contribution in [2.24, 2.45) is 0 Å². The van der Waals surface area contributed by atoms with Crippen LogP contribution in [0.4, 0.5) is 0 Å². The first-order chi connectivity index (χ1) is 7.61. The third kappa shape index (κ3) is 1.88. The number of hydrogen-bond acceptors (Lipinski definition) is 3. The summed E-state index contributed by atoms with van der Waals surface area (Å²) in [6.45, 7) is 1.80. The number of carbonyl (C=O) groups is 1. The smallest absolute Gasteiger partial charge is 0.336 e. The summed E-state index contributed by atoms with van der Waals surface area (Å²) in [4.78, 5) is 16.5. The molecule has 82 valence electrons. The van der Waals surface area contributed by atoms with Crippen molar-refractivity contribution in [3.63, 3.8) is 0 Å². The number of fused-ring (bicyclic) bond motifs is 1. The van der Waals surface area contributed by atoms with Gasteiger partial charge < -0.3 is 5.11 Å². The van der Waals surface area contributed by atoms with Gasteiger partial charge in [0.15, 0.2) is 0 Å². The molecule has 0 bridgehead atoms. The third-order valence-electron chi connectivity index (χ3n) is 2.37. The normalized spacial score (nSPS) is 10.6. The summed E-state index contributed by atoms with van der Waals surface area (Å²) in [6, 6.07) is 7.29. The van der Waals surface area contributed by atoms with Gasteiger partial charge in [0.1, 0.15) is 0 Å². The number of pyridine rings is 1. The molecule has 1 heterocycles. The van der Waals surface area contributed by atoms with Crippen LogP contribution >= 0.6 is 11.8 Å². The van der Waals surface area contributed by atoms with Gasteiger partial charge in [-0.05, 0) is 37.4 Å². The predicted molar refractivity (Wildman–Crippen MR) is 65.2 cm³/mol. The standard InChI is InChI=1S/C12H11NO2S/c1-7-5-10(12(14)15)9-6-8(16-2)3-4-11(9)13-7/h3-6H,1-2H3,(H,14,15). The minimum absolute atomic E-state index is 0.318. The van der Waals surface area contributed by atoms with Gasteiger partial charge in [0.25, 0.3) is 0 Å². The molecule has 1 aromatic heterocycles. The van der Waals surface area contributed by atoms with E-state index in [9.17, 15) is 4.79 Å². The van der Waals surface area contributed by atoms with Crippen LogP contribution in [0.1, 0.15) is 16.1 Å². The lowest BCUT2D eigenvalue weighted by molar-refractivity contribution is 0.0699. The summed E-state index contributed by atoms with van der Waals surface area (Å²) in [6.07, 6.45) is 1.96. The van der Waals surface area contributed by atoms with Crippen LogP contribution in [0, 0.1) is 6.92 Å². The number of aryl methyl sites for hydroxylation is 1. The molecule has 4 heteroatoms. The molecule has 0 unspecified atom stereocenters. The maximum atomic E-state index is 11.1. The molecule has 0 fully saturated rings. The minimum atomic E-state index is -0.909. The Kier molecular flexibility index (Phi) is 2.83. The Morgan fingerprint density at radius 1 is 1.38 bits per heavy atom. The third-order valence-corrected chi connectivity index (χ3v) is 3.10. The minimum Gasteiger partial charge on any atom is -0.478 e. The fraction of sp³-hybridized carbons (Fsp3) is 0.167. The molecule has 1 N–H and O–H groups in total. The fourth-order valence-corrected chi connectivity index (χ4v) is 2.08. The molecule has 0 aliphatic rings. The highest BCUT2D eigenvalue weighted by atomic mass is 32.2. The number of aromatic nitrogens is 1. The lowest BCUT2D eigenvalue weighted by Crippen LogP contribution is -2.00. The van der Waals surface area contributed by atoms with Gasteiger partial charge in [-0.15, -0.1) is 11.8 Å². The van der Waals surface area contributed by atoms with E-state index in [0.29, 0.717) is 10.9 Å². The van der Waals surface area contributed by atoms with Gasteiger partial charge in [-0.2, -0.15) is 0 Å². The van der Waals surface area contributed by atoms with Crippen LogP contribution in [0.2, 0.25) is 0 Å². The molecule has 0 aliphatic heterocycles. The van der Waals surface area contributed by atoms with Crippen LogP contribution in [-0.2, 0) is 0 Å². The number of carboxylic acids is 1. The molecule has 2 aromatic rings. The number of rotatable bonds is 2. The Hall–Kier alpha value is -1.55. The molecule has 0 spiro atoms. The van der Waals surface area contributed by atoms with E-state index in [4.69, 9.17) is 5.11 Å². The maximum absolute atomic E-state index is 11.1. The molecule has 0 atom stereocenters. The average molecular weight is 233 g/mol. The van der Waals surface area contributed by atoms with Crippen molar-refractivity contribution in [3.05, 3.63) is 35.5 Å². The summed E-state index contributed by atoms with van der Waals surface area (Å²) in [7, 11) is 0. The first kappa shape index (κ1) is 11.0. The van der Waals surface area contributed by atoms with Gasteiger partial charge in [0.2, 0.25) is 0 Å². The number of benzene rings is 1. The Morgan fingerprint density at radius 2 is 2.12 bits per heavy atom. The Morgan fingerprint density at radius 3 is 2.75 bits per heavy atom. The zero-order valence-corrected chi connectivity index (χ0v) is 9.84. The quantitative estimate of drug-likeness (QED) is 0.810. The van der Waals surface area contributed by atoms with E-state index in [1.54, 1.807) is 24.8 Å².